The zero-order valence-corrected chi connectivity index (χ0v) is 28.3. The summed E-state index contributed by atoms with van der Waals surface area (Å²) < 4.78 is 74.1. The van der Waals surface area contributed by atoms with Crippen molar-refractivity contribution >= 4 is 23.2 Å². The van der Waals surface area contributed by atoms with Gasteiger partial charge in [0.05, 0.1) is 22.5 Å². The van der Waals surface area contributed by atoms with Crippen LogP contribution >= 0.6 is 0 Å². The molecule has 1 aromatic heterocycles. The van der Waals surface area contributed by atoms with E-state index in [9.17, 15) is 23.2 Å². The molecule has 4 rings (SSSR count). The lowest BCUT2D eigenvalue weighted by Crippen LogP contribution is -2.55. The van der Waals surface area contributed by atoms with Gasteiger partial charge in [0.15, 0.2) is 0 Å². The van der Waals surface area contributed by atoms with Crippen molar-refractivity contribution in [2.75, 3.05) is 30.4 Å². The summed E-state index contributed by atoms with van der Waals surface area (Å²) in [6, 6.07) is 4.24. The number of likely N-dealkylation sites (N-methyl/N-ethyl adjacent to an activating group) is 1. The maximum absolute atomic E-state index is 16.0. The number of rotatable bonds is 8. The van der Waals surface area contributed by atoms with E-state index in [1.165, 1.54) is 0 Å². The van der Waals surface area contributed by atoms with E-state index < -0.39 is 74.6 Å². The second-order valence-corrected chi connectivity index (χ2v) is 14.4. The van der Waals surface area contributed by atoms with E-state index in [-0.39, 0.29) is 28.9 Å². The Bertz CT molecular complexity index is 1760. The van der Waals surface area contributed by atoms with Gasteiger partial charge in [0, 0.05) is 65.7 Å². The monoisotopic (exact) mass is 675 g/mol. The summed E-state index contributed by atoms with van der Waals surface area (Å²) in [4.78, 5) is 44.5. The van der Waals surface area contributed by atoms with Gasteiger partial charge in [0.2, 0.25) is 5.56 Å². The van der Waals surface area contributed by atoms with Gasteiger partial charge < -0.3 is 20.5 Å². The Morgan fingerprint density at radius 2 is 1.46 bits per heavy atom. The van der Waals surface area contributed by atoms with Gasteiger partial charge in [-0.1, -0.05) is 20.8 Å². The molecule has 0 spiro atoms. The number of alkyl halides is 2. The SMILES string of the molecule is CC1CN(c2cc(F)c(-c3cc(C(=O)NC(C)(C)CC(C)(C)C)c(F)cc3F)cc2NC(=O)c2c[nH]c(=O)cc2C(F)F)CC(C)N1C. The van der Waals surface area contributed by atoms with E-state index in [4.69, 9.17) is 0 Å². The normalized spacial score (nSPS) is 17.5. The standard InChI is InChI=1S/C35H42F5N5O3/c1-18-15-45(16-19(2)44(18)8)29-13-27(38)21(10-28(29)42-32(47)24-14-41-30(46)11-22(24)31(39)40)20-9-23(26(37)12-25(20)36)33(48)43-35(6,7)17-34(3,4)5/h9-14,18-19,31H,15-17H2,1-8H3,(H,41,46)(H,42,47)(H,43,48). The van der Waals surface area contributed by atoms with E-state index in [1.807, 2.05) is 46.6 Å². The minimum Gasteiger partial charge on any atom is -0.367 e. The number of benzene rings is 2. The number of carbonyl (C=O) groups is 2. The number of hydrogen-bond donors (Lipinski definition) is 3. The van der Waals surface area contributed by atoms with Crippen molar-refractivity contribution in [3.05, 3.63) is 81.0 Å². The van der Waals surface area contributed by atoms with E-state index >= 15 is 13.2 Å². The first-order chi connectivity index (χ1) is 22.2. The lowest BCUT2D eigenvalue weighted by Gasteiger charge is -2.44. The summed E-state index contributed by atoms with van der Waals surface area (Å²) in [5, 5.41) is 5.32. The molecule has 8 nitrogen and oxygen atoms in total. The molecule has 13 heteroatoms. The number of carbonyl (C=O) groups excluding carboxylic acids is 2. The predicted octanol–water partition coefficient (Wildman–Crippen LogP) is 7.12. The van der Waals surface area contributed by atoms with Gasteiger partial charge in [-0.15, -0.1) is 0 Å². The van der Waals surface area contributed by atoms with Gasteiger partial charge in [-0.3, -0.25) is 19.3 Å². The Labute approximate surface area is 276 Å². The fraction of sp³-hybridized carbons (Fsp3) is 0.457. The molecule has 1 aliphatic rings. The predicted molar refractivity (Wildman–Crippen MR) is 176 cm³/mol. The van der Waals surface area contributed by atoms with Gasteiger partial charge in [0.1, 0.15) is 17.5 Å². The molecule has 2 amide bonds. The molecule has 3 aromatic rings. The van der Waals surface area contributed by atoms with Crippen molar-refractivity contribution in [2.24, 2.45) is 5.41 Å². The van der Waals surface area contributed by atoms with Crippen LogP contribution in [-0.4, -0.2) is 59.5 Å². The number of piperazine rings is 1. The molecule has 2 aromatic carbocycles. The summed E-state index contributed by atoms with van der Waals surface area (Å²) in [6.45, 7) is 14.2. The molecule has 48 heavy (non-hydrogen) atoms. The molecular weight excluding hydrogens is 633 g/mol. The smallest absolute Gasteiger partial charge is 0.264 e. The number of aromatic amines is 1. The number of nitrogens with one attached hydrogen (secondary N) is 3. The average Bonchev–Trinajstić information content (AvgIpc) is 2.94. The Kier molecular flexibility index (Phi) is 10.4. The van der Waals surface area contributed by atoms with E-state index in [0.717, 1.165) is 24.4 Å². The Balaban J connectivity index is 1.83. The fourth-order valence-electron chi connectivity index (χ4n) is 6.46. The third-order valence-corrected chi connectivity index (χ3v) is 8.49. The molecule has 260 valence electrons. The number of halogens is 5. The van der Waals surface area contributed by atoms with Crippen LogP contribution in [0.3, 0.4) is 0 Å². The largest absolute Gasteiger partial charge is 0.367 e. The van der Waals surface area contributed by atoms with Crippen LogP contribution in [0.5, 0.6) is 0 Å². The Hall–Kier alpha value is -4.26. The molecule has 1 aliphatic heterocycles. The van der Waals surface area contributed by atoms with Gasteiger partial charge in [0.25, 0.3) is 18.2 Å². The van der Waals surface area contributed by atoms with Crippen LogP contribution in [0.15, 0.2) is 41.3 Å². The van der Waals surface area contributed by atoms with Crippen LogP contribution in [0.4, 0.5) is 33.3 Å². The molecule has 0 radical (unpaired) electrons. The van der Waals surface area contributed by atoms with Crippen LogP contribution in [-0.2, 0) is 0 Å². The van der Waals surface area contributed by atoms with Crippen molar-refractivity contribution in [1.29, 1.82) is 0 Å². The maximum Gasteiger partial charge on any atom is 0.264 e. The van der Waals surface area contributed by atoms with Gasteiger partial charge >= 0.3 is 0 Å². The number of pyridine rings is 1. The van der Waals surface area contributed by atoms with E-state index in [0.29, 0.717) is 31.6 Å². The lowest BCUT2D eigenvalue weighted by molar-refractivity contribution is 0.0886. The Morgan fingerprint density at radius 1 is 0.875 bits per heavy atom. The minimum absolute atomic E-state index is 0.00261. The molecule has 0 bridgehead atoms. The third-order valence-electron chi connectivity index (χ3n) is 8.49. The molecule has 2 unspecified atom stereocenters. The highest BCUT2D eigenvalue weighted by Crippen LogP contribution is 2.38. The summed E-state index contributed by atoms with van der Waals surface area (Å²) in [7, 11) is 1.94. The first-order valence-corrected chi connectivity index (χ1v) is 15.6. The summed E-state index contributed by atoms with van der Waals surface area (Å²) in [5.74, 6) is -5.10. The van der Waals surface area contributed by atoms with Crippen molar-refractivity contribution in [3.8, 4) is 11.1 Å². The molecule has 0 saturated carbocycles. The molecule has 1 fully saturated rings. The average molecular weight is 676 g/mol. The molecule has 1 saturated heterocycles. The third kappa shape index (κ3) is 8.23. The molecule has 0 aliphatic carbocycles. The van der Waals surface area contributed by atoms with Gasteiger partial charge in [-0.2, -0.15) is 0 Å². The number of anilines is 2. The van der Waals surface area contributed by atoms with Crippen LogP contribution in [0.1, 0.15) is 87.6 Å². The van der Waals surface area contributed by atoms with E-state index in [1.54, 1.807) is 13.8 Å². The molecule has 3 N–H and O–H groups in total. The number of aromatic nitrogens is 1. The first kappa shape index (κ1) is 36.6. The number of hydrogen-bond acceptors (Lipinski definition) is 5. The fourth-order valence-corrected chi connectivity index (χ4v) is 6.46. The van der Waals surface area contributed by atoms with Crippen LogP contribution in [0, 0.1) is 22.9 Å². The first-order valence-electron chi connectivity index (χ1n) is 15.6. The highest BCUT2D eigenvalue weighted by Gasteiger charge is 2.32. The zero-order valence-electron chi connectivity index (χ0n) is 28.3. The van der Waals surface area contributed by atoms with Crippen molar-refractivity contribution in [1.82, 2.24) is 15.2 Å². The second-order valence-electron chi connectivity index (χ2n) is 14.4. The molecular formula is C35H42F5N5O3. The summed E-state index contributed by atoms with van der Waals surface area (Å²) in [5.41, 5.74) is -4.33. The second kappa shape index (κ2) is 13.7. The summed E-state index contributed by atoms with van der Waals surface area (Å²) in [6.07, 6.45) is -1.76. The quantitative estimate of drug-likeness (QED) is 0.221. The zero-order chi connectivity index (χ0) is 35.9. The lowest BCUT2D eigenvalue weighted by atomic mass is 9.81. The molecule has 2 atom stereocenters. The highest BCUT2D eigenvalue weighted by atomic mass is 19.3. The minimum atomic E-state index is -3.15. The van der Waals surface area contributed by atoms with Crippen LogP contribution in [0.25, 0.3) is 11.1 Å². The molecule has 2 heterocycles. The van der Waals surface area contributed by atoms with Crippen molar-refractivity contribution in [3.63, 3.8) is 0 Å². The van der Waals surface area contributed by atoms with Gasteiger partial charge in [-0.25, -0.2) is 22.0 Å². The topological polar surface area (TPSA) is 97.5 Å². The van der Waals surface area contributed by atoms with Crippen molar-refractivity contribution < 1.29 is 31.5 Å². The number of H-pyrrole nitrogens is 1. The number of amides is 2. The summed E-state index contributed by atoms with van der Waals surface area (Å²) >= 11 is 0. The Morgan fingerprint density at radius 3 is 2.04 bits per heavy atom. The maximum atomic E-state index is 16.0. The number of nitrogens with zero attached hydrogens (tertiary/aromatic N) is 2. The van der Waals surface area contributed by atoms with Crippen LogP contribution in [0.2, 0.25) is 0 Å². The van der Waals surface area contributed by atoms with E-state index in [2.05, 4.69) is 20.5 Å². The van der Waals surface area contributed by atoms with Gasteiger partial charge in [-0.05, 0) is 64.8 Å². The van der Waals surface area contributed by atoms with Crippen LogP contribution < -0.4 is 21.1 Å². The van der Waals surface area contributed by atoms with Crippen molar-refractivity contribution in [2.45, 2.75) is 78.9 Å². The highest BCUT2D eigenvalue weighted by molar-refractivity contribution is 6.07.